The van der Waals surface area contributed by atoms with E-state index in [0.717, 1.165) is 31.5 Å². The Morgan fingerprint density at radius 2 is 2.18 bits per heavy atom. The Labute approximate surface area is 102 Å². The molecule has 3 nitrogen and oxygen atoms in total. The van der Waals surface area contributed by atoms with Gasteiger partial charge in [0.1, 0.15) is 0 Å². The van der Waals surface area contributed by atoms with E-state index >= 15 is 0 Å². The van der Waals surface area contributed by atoms with E-state index in [2.05, 4.69) is 5.32 Å². The zero-order valence-corrected chi connectivity index (χ0v) is 9.93. The molecule has 2 rings (SSSR count). The highest BCUT2D eigenvalue weighted by Gasteiger charge is 2.26. The van der Waals surface area contributed by atoms with Gasteiger partial charge in [-0.3, -0.25) is 4.79 Å². The molecule has 0 bridgehead atoms. The van der Waals surface area contributed by atoms with E-state index in [9.17, 15) is 4.79 Å². The number of carbonyl (C=O) groups is 1. The summed E-state index contributed by atoms with van der Waals surface area (Å²) >= 11 is 0. The first-order valence-corrected chi connectivity index (χ1v) is 6.25. The van der Waals surface area contributed by atoms with Gasteiger partial charge in [0.05, 0.1) is 6.42 Å². The summed E-state index contributed by atoms with van der Waals surface area (Å²) in [7, 11) is 0. The average Bonchev–Trinajstić information content (AvgIpc) is 2.38. The van der Waals surface area contributed by atoms with E-state index in [1.807, 2.05) is 30.3 Å². The molecule has 0 spiro atoms. The summed E-state index contributed by atoms with van der Waals surface area (Å²) in [5, 5.41) is 12.4. The van der Waals surface area contributed by atoms with Gasteiger partial charge in [0.25, 0.3) is 0 Å². The van der Waals surface area contributed by atoms with Crippen LogP contribution in [0.4, 0.5) is 0 Å². The third kappa shape index (κ3) is 3.30. The van der Waals surface area contributed by atoms with Crippen LogP contribution in [0.3, 0.4) is 0 Å². The Kier molecular flexibility index (Phi) is 4.15. The van der Waals surface area contributed by atoms with Crippen molar-refractivity contribution in [1.82, 2.24) is 5.32 Å². The Balaban J connectivity index is 2.15. The minimum atomic E-state index is -0.704. The van der Waals surface area contributed by atoms with E-state index in [1.54, 1.807) is 0 Å². The molecule has 0 aliphatic carbocycles. The molecular weight excluding hydrogens is 214 g/mol. The number of piperidine rings is 1. The van der Waals surface area contributed by atoms with Gasteiger partial charge in [-0.25, -0.2) is 0 Å². The fourth-order valence-corrected chi connectivity index (χ4v) is 2.67. The van der Waals surface area contributed by atoms with Crippen LogP contribution in [0.2, 0.25) is 0 Å². The first kappa shape index (κ1) is 12.1. The second-order valence-corrected chi connectivity index (χ2v) is 4.72. The molecular formula is C14H19NO2. The predicted octanol–water partition coefficient (Wildman–Crippen LogP) is 2.24. The quantitative estimate of drug-likeness (QED) is 0.838. The number of carboxylic acids is 1. The van der Waals surface area contributed by atoms with Gasteiger partial charge in [0.2, 0.25) is 0 Å². The van der Waals surface area contributed by atoms with Crippen LogP contribution in [0, 0.1) is 5.92 Å². The molecule has 17 heavy (non-hydrogen) atoms. The molecule has 0 radical (unpaired) electrons. The van der Waals surface area contributed by atoms with Crippen molar-refractivity contribution < 1.29 is 9.90 Å². The molecule has 1 heterocycles. The second-order valence-electron chi connectivity index (χ2n) is 4.72. The fraction of sp³-hybridized carbons (Fsp3) is 0.500. The van der Waals surface area contributed by atoms with Crippen molar-refractivity contribution in [2.45, 2.75) is 25.2 Å². The normalized spacial score (nSPS) is 22.0. The van der Waals surface area contributed by atoms with Crippen molar-refractivity contribution in [3.8, 4) is 0 Å². The van der Waals surface area contributed by atoms with Crippen molar-refractivity contribution in [3.63, 3.8) is 0 Å². The van der Waals surface area contributed by atoms with Crippen LogP contribution in [0.15, 0.2) is 30.3 Å². The zero-order valence-electron chi connectivity index (χ0n) is 9.93. The van der Waals surface area contributed by atoms with Gasteiger partial charge in [-0.05, 0) is 43.3 Å². The monoisotopic (exact) mass is 233 g/mol. The molecule has 1 saturated heterocycles. The van der Waals surface area contributed by atoms with E-state index in [4.69, 9.17) is 5.11 Å². The summed E-state index contributed by atoms with van der Waals surface area (Å²) in [6.07, 6.45) is 2.50. The molecule has 0 saturated carbocycles. The molecule has 1 aromatic carbocycles. The summed E-state index contributed by atoms with van der Waals surface area (Å²) in [5.41, 5.74) is 1.16. The number of hydrogen-bond donors (Lipinski definition) is 2. The molecule has 1 fully saturated rings. The van der Waals surface area contributed by atoms with Crippen molar-refractivity contribution in [1.29, 1.82) is 0 Å². The molecule has 0 amide bonds. The number of rotatable bonds is 4. The number of hydrogen-bond acceptors (Lipinski definition) is 2. The Bertz CT molecular complexity index is 358. The lowest BCUT2D eigenvalue weighted by atomic mass is 9.79. The van der Waals surface area contributed by atoms with Gasteiger partial charge in [-0.15, -0.1) is 0 Å². The Hall–Kier alpha value is -1.35. The second kappa shape index (κ2) is 5.82. The molecule has 1 aliphatic rings. The van der Waals surface area contributed by atoms with E-state index < -0.39 is 5.97 Å². The molecule has 0 aromatic heterocycles. The van der Waals surface area contributed by atoms with Crippen LogP contribution in [0.5, 0.6) is 0 Å². The highest BCUT2D eigenvalue weighted by molar-refractivity contribution is 5.68. The third-order valence-corrected chi connectivity index (χ3v) is 3.53. The summed E-state index contributed by atoms with van der Waals surface area (Å²) in [6.45, 7) is 2.00. The van der Waals surface area contributed by atoms with Crippen molar-refractivity contribution in [2.75, 3.05) is 13.1 Å². The van der Waals surface area contributed by atoms with E-state index in [1.165, 1.54) is 0 Å². The van der Waals surface area contributed by atoms with Gasteiger partial charge < -0.3 is 10.4 Å². The zero-order chi connectivity index (χ0) is 12.1. The van der Waals surface area contributed by atoms with Gasteiger partial charge in [0, 0.05) is 0 Å². The lowest BCUT2D eigenvalue weighted by Crippen LogP contribution is -2.34. The third-order valence-electron chi connectivity index (χ3n) is 3.53. The first-order valence-electron chi connectivity index (χ1n) is 6.25. The van der Waals surface area contributed by atoms with Crippen molar-refractivity contribution in [2.24, 2.45) is 5.92 Å². The van der Waals surface area contributed by atoms with Crippen LogP contribution >= 0.6 is 0 Å². The maximum Gasteiger partial charge on any atom is 0.303 e. The fourth-order valence-electron chi connectivity index (χ4n) is 2.67. The number of nitrogens with one attached hydrogen (secondary N) is 1. The van der Waals surface area contributed by atoms with Gasteiger partial charge in [0.15, 0.2) is 0 Å². The van der Waals surface area contributed by atoms with E-state index in [0.29, 0.717) is 5.92 Å². The predicted molar refractivity (Wildman–Crippen MR) is 67.0 cm³/mol. The molecule has 92 valence electrons. The van der Waals surface area contributed by atoms with Crippen molar-refractivity contribution in [3.05, 3.63) is 35.9 Å². The van der Waals surface area contributed by atoms with E-state index in [-0.39, 0.29) is 12.3 Å². The minimum Gasteiger partial charge on any atom is -0.481 e. The minimum absolute atomic E-state index is 0.140. The number of aliphatic carboxylic acids is 1. The van der Waals surface area contributed by atoms with Crippen LogP contribution in [-0.4, -0.2) is 24.2 Å². The first-order chi connectivity index (χ1) is 8.27. The molecule has 1 aromatic rings. The Morgan fingerprint density at radius 1 is 1.41 bits per heavy atom. The van der Waals surface area contributed by atoms with Crippen LogP contribution in [0.25, 0.3) is 0 Å². The Morgan fingerprint density at radius 3 is 2.76 bits per heavy atom. The molecule has 1 aliphatic heterocycles. The topological polar surface area (TPSA) is 49.3 Å². The van der Waals surface area contributed by atoms with Crippen molar-refractivity contribution >= 4 is 5.97 Å². The number of benzene rings is 1. The number of carboxylic acid groups (broad SMARTS) is 1. The van der Waals surface area contributed by atoms with Crippen LogP contribution in [0.1, 0.15) is 30.7 Å². The summed E-state index contributed by atoms with van der Waals surface area (Å²) in [4.78, 5) is 11.0. The lowest BCUT2D eigenvalue weighted by Gasteiger charge is -2.30. The van der Waals surface area contributed by atoms with Gasteiger partial charge in [-0.1, -0.05) is 30.3 Å². The maximum atomic E-state index is 11.0. The molecule has 3 heteroatoms. The maximum absolute atomic E-state index is 11.0. The molecule has 2 atom stereocenters. The van der Waals surface area contributed by atoms with Gasteiger partial charge in [-0.2, -0.15) is 0 Å². The summed E-state index contributed by atoms with van der Waals surface area (Å²) < 4.78 is 0. The molecule has 0 unspecified atom stereocenters. The highest BCUT2D eigenvalue weighted by atomic mass is 16.4. The van der Waals surface area contributed by atoms with Crippen LogP contribution in [-0.2, 0) is 4.79 Å². The highest BCUT2D eigenvalue weighted by Crippen LogP contribution is 2.32. The summed E-state index contributed by atoms with van der Waals surface area (Å²) in [6, 6.07) is 10.0. The van der Waals surface area contributed by atoms with Crippen LogP contribution < -0.4 is 5.32 Å². The standard InChI is InChI=1S/C14H19NO2/c16-14(17)9-13(11-5-2-1-3-6-11)12-7-4-8-15-10-12/h1-3,5-6,12-13,15H,4,7-10H2,(H,16,17)/t12-,13+/m1/s1. The largest absolute Gasteiger partial charge is 0.481 e. The smallest absolute Gasteiger partial charge is 0.303 e. The van der Waals surface area contributed by atoms with Gasteiger partial charge >= 0.3 is 5.97 Å². The molecule has 2 N–H and O–H groups in total. The summed E-state index contributed by atoms with van der Waals surface area (Å²) in [5.74, 6) is -0.117. The SMILES string of the molecule is O=C(O)C[C@@H](c1ccccc1)[C@@H]1CCCNC1. The average molecular weight is 233 g/mol. The lowest BCUT2D eigenvalue weighted by molar-refractivity contribution is -0.137.